The van der Waals surface area contributed by atoms with Gasteiger partial charge < -0.3 is 15.0 Å². The highest BCUT2D eigenvalue weighted by Crippen LogP contribution is 2.30. The average Bonchev–Trinajstić information content (AvgIpc) is 3.31. The minimum absolute atomic E-state index is 0.0518. The molecule has 134 valence electrons. The first-order valence-corrected chi connectivity index (χ1v) is 9.91. The molecule has 2 aromatic rings. The maximum atomic E-state index is 12.1. The maximum Gasteiger partial charge on any atom is 0.225 e. The molecule has 0 spiro atoms. The number of thiophene rings is 1. The number of hydrogen-bond donors (Lipinski definition) is 1. The summed E-state index contributed by atoms with van der Waals surface area (Å²) >= 11 is 1.67. The van der Waals surface area contributed by atoms with Crippen LogP contribution in [0.5, 0.6) is 0 Å². The number of aromatic nitrogens is 2. The lowest BCUT2D eigenvalue weighted by Crippen LogP contribution is -2.40. The number of carbonyl (C=O) groups is 1. The maximum absolute atomic E-state index is 12.1. The van der Waals surface area contributed by atoms with Crippen molar-refractivity contribution < 1.29 is 9.53 Å². The molecule has 2 fully saturated rings. The van der Waals surface area contributed by atoms with Crippen LogP contribution < -0.4 is 10.2 Å². The van der Waals surface area contributed by atoms with Crippen molar-refractivity contribution in [3.63, 3.8) is 0 Å². The summed E-state index contributed by atoms with van der Waals surface area (Å²) in [5.74, 6) is 2.65. The van der Waals surface area contributed by atoms with Crippen LogP contribution in [0.3, 0.4) is 0 Å². The van der Waals surface area contributed by atoms with Crippen LogP contribution >= 0.6 is 11.3 Å². The highest BCUT2D eigenvalue weighted by molar-refractivity contribution is 7.16. The Morgan fingerprint density at radius 2 is 2.20 bits per heavy atom. The summed E-state index contributed by atoms with van der Waals surface area (Å²) in [7, 11) is 0. The molecule has 4 rings (SSSR count). The van der Waals surface area contributed by atoms with Gasteiger partial charge in [-0.05, 0) is 43.6 Å². The molecule has 25 heavy (non-hydrogen) atoms. The number of carbonyl (C=O) groups excluding carboxylic acids is 1. The minimum atomic E-state index is 0.0518. The second kappa shape index (κ2) is 7.25. The third-order valence-corrected chi connectivity index (χ3v) is 6.00. The quantitative estimate of drug-likeness (QED) is 0.907. The van der Waals surface area contributed by atoms with Crippen molar-refractivity contribution in [2.75, 3.05) is 37.7 Å². The Labute approximate surface area is 151 Å². The molecule has 2 aliphatic heterocycles. The molecule has 1 N–H and O–H groups in total. The molecule has 1 amide bonds. The molecule has 2 aromatic heterocycles. The number of nitrogens with one attached hydrogen (secondary N) is 1. The van der Waals surface area contributed by atoms with E-state index in [4.69, 9.17) is 4.74 Å². The Morgan fingerprint density at radius 3 is 2.96 bits per heavy atom. The molecule has 0 aromatic carbocycles. The lowest BCUT2D eigenvalue weighted by atomic mass is 9.96. The van der Waals surface area contributed by atoms with Gasteiger partial charge >= 0.3 is 0 Å². The van der Waals surface area contributed by atoms with E-state index in [-0.39, 0.29) is 11.8 Å². The summed E-state index contributed by atoms with van der Waals surface area (Å²) in [5.41, 5.74) is 0. The van der Waals surface area contributed by atoms with E-state index < -0.39 is 0 Å². The predicted octanol–water partition coefficient (Wildman–Crippen LogP) is 2.37. The fourth-order valence-corrected chi connectivity index (χ4v) is 4.47. The van der Waals surface area contributed by atoms with Gasteiger partial charge in [0.25, 0.3) is 0 Å². The van der Waals surface area contributed by atoms with E-state index in [2.05, 4.69) is 31.6 Å². The van der Waals surface area contributed by atoms with Crippen LogP contribution in [0.4, 0.5) is 5.82 Å². The Hall–Kier alpha value is -1.73. The lowest BCUT2D eigenvalue weighted by molar-refractivity contribution is -0.125. The van der Waals surface area contributed by atoms with Crippen LogP contribution in [-0.4, -0.2) is 48.7 Å². The summed E-state index contributed by atoms with van der Waals surface area (Å²) < 4.78 is 5.29. The zero-order chi connectivity index (χ0) is 17.2. The first-order chi connectivity index (χ1) is 12.2. The van der Waals surface area contributed by atoms with Gasteiger partial charge in [-0.2, -0.15) is 0 Å². The van der Waals surface area contributed by atoms with E-state index in [1.807, 2.05) is 6.92 Å². The molecule has 4 heterocycles. The third kappa shape index (κ3) is 3.62. The van der Waals surface area contributed by atoms with Gasteiger partial charge in [0.15, 0.2) is 0 Å². The van der Waals surface area contributed by atoms with Gasteiger partial charge in [0.1, 0.15) is 16.5 Å². The van der Waals surface area contributed by atoms with Gasteiger partial charge in [-0.1, -0.05) is 0 Å². The second-order valence-electron chi connectivity index (χ2n) is 6.97. The number of fused-ring (bicyclic) bond motifs is 1. The summed E-state index contributed by atoms with van der Waals surface area (Å²) in [4.78, 5) is 24.7. The lowest BCUT2D eigenvalue weighted by Gasteiger charge is -2.33. The minimum Gasteiger partial charge on any atom is -0.381 e. The largest absolute Gasteiger partial charge is 0.381 e. The summed E-state index contributed by atoms with van der Waals surface area (Å²) in [6.45, 7) is 5.99. The van der Waals surface area contributed by atoms with E-state index in [9.17, 15) is 4.79 Å². The Bertz CT molecular complexity index is 749. The zero-order valence-electron chi connectivity index (χ0n) is 14.5. The molecule has 2 aliphatic rings. The Balaban J connectivity index is 1.33. The third-order valence-electron chi connectivity index (χ3n) is 5.20. The van der Waals surface area contributed by atoms with E-state index in [1.165, 1.54) is 0 Å². The van der Waals surface area contributed by atoms with Crippen molar-refractivity contribution in [1.82, 2.24) is 15.3 Å². The number of rotatable bonds is 4. The molecule has 7 heteroatoms. The topological polar surface area (TPSA) is 67.4 Å². The summed E-state index contributed by atoms with van der Waals surface area (Å²) in [6, 6.07) is 2.12. The molecule has 0 radical (unpaired) electrons. The molecule has 0 saturated carbocycles. The standard InChI is InChI=1S/C18H24N4O2S/c1-12-20-16(15-5-9-25-18(15)21-12)22-6-2-13(3-7-22)10-19-17(23)14-4-8-24-11-14/h5,9,13-14H,2-4,6-8,10-11H2,1H3,(H,19,23)/t14-/m0/s1. The summed E-state index contributed by atoms with van der Waals surface area (Å²) in [6.07, 6.45) is 3.01. The number of anilines is 1. The SMILES string of the molecule is Cc1nc(N2CCC(CNC(=O)[C@H]3CCOC3)CC2)c2ccsc2n1. The van der Waals surface area contributed by atoms with Gasteiger partial charge in [0, 0.05) is 26.2 Å². The Kier molecular flexibility index (Phi) is 4.85. The highest BCUT2D eigenvalue weighted by Gasteiger charge is 2.26. The Morgan fingerprint density at radius 1 is 1.36 bits per heavy atom. The van der Waals surface area contributed by atoms with E-state index >= 15 is 0 Å². The first-order valence-electron chi connectivity index (χ1n) is 9.03. The highest BCUT2D eigenvalue weighted by atomic mass is 32.1. The normalized spacial score (nSPS) is 21.8. The van der Waals surface area contributed by atoms with Crippen LogP contribution in [-0.2, 0) is 9.53 Å². The fourth-order valence-electron chi connectivity index (χ4n) is 3.66. The van der Waals surface area contributed by atoms with Crippen molar-refractivity contribution >= 4 is 33.3 Å². The van der Waals surface area contributed by atoms with Crippen LogP contribution in [0.25, 0.3) is 10.2 Å². The van der Waals surface area contributed by atoms with Gasteiger partial charge in [-0.25, -0.2) is 9.97 Å². The van der Waals surface area contributed by atoms with Crippen LogP contribution in [0.2, 0.25) is 0 Å². The van der Waals surface area contributed by atoms with Gasteiger partial charge in [-0.3, -0.25) is 4.79 Å². The second-order valence-corrected chi connectivity index (χ2v) is 7.86. The van der Waals surface area contributed by atoms with Crippen molar-refractivity contribution in [3.05, 3.63) is 17.3 Å². The molecule has 1 atom stereocenters. The number of ether oxygens (including phenoxy) is 1. The molecule has 0 bridgehead atoms. The predicted molar refractivity (Wildman–Crippen MR) is 99.0 cm³/mol. The van der Waals surface area contributed by atoms with E-state index in [1.54, 1.807) is 11.3 Å². The van der Waals surface area contributed by atoms with Crippen LogP contribution in [0.1, 0.15) is 25.1 Å². The fraction of sp³-hybridized carbons (Fsp3) is 0.611. The smallest absolute Gasteiger partial charge is 0.225 e. The van der Waals surface area contributed by atoms with Crippen LogP contribution in [0, 0.1) is 18.8 Å². The summed E-state index contributed by atoms with van der Waals surface area (Å²) in [5, 5.41) is 6.36. The first kappa shape index (κ1) is 16.7. The molecule has 0 unspecified atom stereocenters. The zero-order valence-corrected chi connectivity index (χ0v) is 15.3. The monoisotopic (exact) mass is 360 g/mol. The number of piperidine rings is 1. The van der Waals surface area contributed by atoms with Crippen molar-refractivity contribution in [1.29, 1.82) is 0 Å². The molecule has 6 nitrogen and oxygen atoms in total. The number of aryl methyl sites for hydroxylation is 1. The van der Waals surface area contributed by atoms with Gasteiger partial charge in [-0.15, -0.1) is 11.3 Å². The number of amides is 1. The van der Waals surface area contributed by atoms with E-state index in [0.717, 1.165) is 60.8 Å². The van der Waals surface area contributed by atoms with E-state index in [0.29, 0.717) is 19.1 Å². The number of nitrogens with zero attached hydrogens (tertiary/aromatic N) is 3. The van der Waals surface area contributed by atoms with Crippen molar-refractivity contribution in [3.8, 4) is 0 Å². The van der Waals surface area contributed by atoms with Crippen molar-refractivity contribution in [2.45, 2.75) is 26.2 Å². The molecule has 0 aliphatic carbocycles. The van der Waals surface area contributed by atoms with Gasteiger partial charge in [0.05, 0.1) is 17.9 Å². The molecular formula is C18H24N4O2S. The number of hydrogen-bond acceptors (Lipinski definition) is 6. The molecular weight excluding hydrogens is 336 g/mol. The van der Waals surface area contributed by atoms with Crippen molar-refractivity contribution in [2.24, 2.45) is 11.8 Å². The van der Waals surface area contributed by atoms with Crippen LogP contribution in [0.15, 0.2) is 11.4 Å². The molecule has 2 saturated heterocycles. The average molecular weight is 360 g/mol. The van der Waals surface area contributed by atoms with Gasteiger partial charge in [0.2, 0.25) is 5.91 Å².